The molecule has 25 heavy (non-hydrogen) atoms. The Hall–Kier alpha value is -1.15. The van der Waals surface area contributed by atoms with Gasteiger partial charge in [0.15, 0.2) is 0 Å². The Bertz CT molecular complexity index is 460. The fourth-order valence-electron chi connectivity index (χ4n) is 2.39. The first-order valence-electron chi connectivity index (χ1n) is 9.20. The monoisotopic (exact) mass is 380 g/mol. The molecule has 0 radical (unpaired) electrons. The van der Waals surface area contributed by atoms with Gasteiger partial charge in [-0.25, -0.2) is 0 Å². The lowest BCUT2D eigenvalue weighted by Gasteiger charge is -2.05. The van der Waals surface area contributed by atoms with Crippen molar-refractivity contribution in [1.82, 2.24) is 0 Å². The lowest BCUT2D eigenvalue weighted by atomic mass is 10.1. The molecule has 0 spiro atoms. The maximum atomic E-state index is 11.4. The standard InChI is InChI=1S/C17H32O7S/c1-2-3-4-5-6-7-8-9-10-11-12-15-23-16(18)13-14-17(19)24-25(20,21)22/h2-15H2,1H3,(H,20,21,22). The summed E-state index contributed by atoms with van der Waals surface area (Å²) in [6.07, 6.45) is 12.5. The molecule has 1 N–H and O–H groups in total. The van der Waals surface area contributed by atoms with Gasteiger partial charge in [0, 0.05) is 0 Å². The lowest BCUT2D eigenvalue weighted by molar-refractivity contribution is -0.147. The fourth-order valence-corrected chi connectivity index (χ4v) is 2.71. The Morgan fingerprint density at radius 1 is 0.760 bits per heavy atom. The molecule has 7 nitrogen and oxygen atoms in total. The number of rotatable bonds is 16. The number of carbonyl (C=O) groups is 2. The highest BCUT2D eigenvalue weighted by atomic mass is 32.3. The molecule has 0 unspecified atom stereocenters. The summed E-state index contributed by atoms with van der Waals surface area (Å²) in [5, 5.41) is 0. The summed E-state index contributed by atoms with van der Waals surface area (Å²) >= 11 is 0. The second kappa shape index (κ2) is 15.1. The molecule has 8 heteroatoms. The predicted octanol–water partition coefficient (Wildman–Crippen LogP) is 3.97. The normalized spacial score (nSPS) is 11.3. The lowest BCUT2D eigenvalue weighted by Crippen LogP contribution is -2.14. The molecular weight excluding hydrogens is 348 g/mol. The zero-order valence-corrected chi connectivity index (χ0v) is 16.0. The smallest absolute Gasteiger partial charge is 0.448 e. The van der Waals surface area contributed by atoms with E-state index >= 15 is 0 Å². The van der Waals surface area contributed by atoms with Crippen molar-refractivity contribution in [3.8, 4) is 0 Å². The molecule has 0 amide bonds. The fraction of sp³-hybridized carbons (Fsp3) is 0.882. The van der Waals surface area contributed by atoms with Gasteiger partial charge in [0.25, 0.3) is 0 Å². The van der Waals surface area contributed by atoms with Gasteiger partial charge in [0.05, 0.1) is 19.4 Å². The summed E-state index contributed by atoms with van der Waals surface area (Å²) in [5.74, 6) is -1.77. The largest absolute Gasteiger partial charge is 0.466 e. The number of carbonyl (C=O) groups excluding carboxylic acids is 2. The molecule has 0 rings (SSSR count). The topological polar surface area (TPSA) is 107 Å². The number of esters is 1. The van der Waals surface area contributed by atoms with Crippen LogP contribution in [0.3, 0.4) is 0 Å². The van der Waals surface area contributed by atoms with E-state index in [0.717, 1.165) is 19.3 Å². The zero-order chi connectivity index (χ0) is 19.0. The Kier molecular flexibility index (Phi) is 14.4. The predicted molar refractivity (Wildman–Crippen MR) is 94.3 cm³/mol. The van der Waals surface area contributed by atoms with Crippen molar-refractivity contribution in [1.29, 1.82) is 0 Å². The van der Waals surface area contributed by atoms with Gasteiger partial charge in [-0.15, -0.1) is 0 Å². The van der Waals surface area contributed by atoms with Crippen LogP contribution in [0.5, 0.6) is 0 Å². The van der Waals surface area contributed by atoms with Gasteiger partial charge in [0.2, 0.25) is 0 Å². The van der Waals surface area contributed by atoms with Crippen LogP contribution in [-0.2, 0) is 28.9 Å². The second-order valence-corrected chi connectivity index (χ2v) is 7.16. The average Bonchev–Trinajstić information content (AvgIpc) is 2.52. The number of unbranched alkanes of at least 4 members (excludes halogenated alkanes) is 10. The van der Waals surface area contributed by atoms with Crippen LogP contribution in [-0.4, -0.2) is 31.5 Å². The molecule has 148 valence electrons. The van der Waals surface area contributed by atoms with Crippen LogP contribution in [0.1, 0.15) is 90.4 Å². The minimum absolute atomic E-state index is 0.271. The van der Waals surface area contributed by atoms with E-state index in [1.807, 2.05) is 0 Å². The van der Waals surface area contributed by atoms with Crippen molar-refractivity contribution in [3.63, 3.8) is 0 Å². The van der Waals surface area contributed by atoms with Gasteiger partial charge in [-0.2, -0.15) is 8.42 Å². The first-order valence-corrected chi connectivity index (χ1v) is 10.6. The SMILES string of the molecule is CCCCCCCCCCCCCOC(=O)CCC(=O)OS(=O)(=O)O. The van der Waals surface area contributed by atoms with Crippen molar-refractivity contribution < 1.29 is 31.5 Å². The van der Waals surface area contributed by atoms with Crippen LogP contribution in [0.15, 0.2) is 0 Å². The van der Waals surface area contributed by atoms with Crippen molar-refractivity contribution in [3.05, 3.63) is 0 Å². The summed E-state index contributed by atoms with van der Waals surface area (Å²) < 4.78 is 37.5. The average molecular weight is 381 g/mol. The molecule has 0 saturated carbocycles. The van der Waals surface area contributed by atoms with E-state index in [1.54, 1.807) is 0 Å². The Balaban J connectivity index is 3.36. The minimum Gasteiger partial charge on any atom is -0.466 e. The third-order valence-corrected chi connectivity index (χ3v) is 4.14. The van der Waals surface area contributed by atoms with Gasteiger partial charge in [-0.05, 0) is 6.42 Å². The van der Waals surface area contributed by atoms with Crippen molar-refractivity contribution in [2.24, 2.45) is 0 Å². The van der Waals surface area contributed by atoms with Crippen LogP contribution >= 0.6 is 0 Å². The summed E-state index contributed by atoms with van der Waals surface area (Å²) in [6, 6.07) is 0. The minimum atomic E-state index is -4.81. The van der Waals surface area contributed by atoms with E-state index < -0.39 is 28.8 Å². The molecule has 0 fully saturated rings. The summed E-state index contributed by atoms with van der Waals surface area (Å²) in [7, 11) is -4.81. The van der Waals surface area contributed by atoms with Gasteiger partial charge < -0.3 is 8.92 Å². The molecule has 0 bridgehead atoms. The van der Waals surface area contributed by atoms with Crippen LogP contribution in [0.4, 0.5) is 0 Å². The summed E-state index contributed by atoms with van der Waals surface area (Å²) in [4.78, 5) is 22.3. The molecule has 0 aliphatic heterocycles. The van der Waals surface area contributed by atoms with E-state index in [-0.39, 0.29) is 6.42 Å². The van der Waals surface area contributed by atoms with E-state index in [0.29, 0.717) is 6.61 Å². The number of ether oxygens (including phenoxy) is 1. The maximum absolute atomic E-state index is 11.4. The van der Waals surface area contributed by atoms with Crippen LogP contribution in [0, 0.1) is 0 Å². The van der Waals surface area contributed by atoms with Crippen molar-refractivity contribution in [2.75, 3.05) is 6.61 Å². The number of hydrogen-bond donors (Lipinski definition) is 1. The first-order chi connectivity index (χ1) is 11.8. The Morgan fingerprint density at radius 3 is 1.68 bits per heavy atom. The van der Waals surface area contributed by atoms with Crippen molar-refractivity contribution >= 4 is 22.3 Å². The molecule has 0 aromatic heterocycles. The van der Waals surface area contributed by atoms with Gasteiger partial charge in [-0.3, -0.25) is 14.1 Å². The Labute approximate surface area is 151 Å². The van der Waals surface area contributed by atoms with Crippen LogP contribution in [0.2, 0.25) is 0 Å². The molecule has 0 heterocycles. The quantitative estimate of drug-likeness (QED) is 0.245. The molecule has 0 aromatic carbocycles. The molecule has 0 saturated heterocycles. The molecule has 0 atom stereocenters. The second-order valence-electron chi connectivity index (χ2n) is 6.14. The highest BCUT2D eigenvalue weighted by Gasteiger charge is 2.15. The maximum Gasteiger partial charge on any atom is 0.448 e. The van der Waals surface area contributed by atoms with Gasteiger partial charge in [0.1, 0.15) is 0 Å². The summed E-state index contributed by atoms with van der Waals surface area (Å²) in [5.41, 5.74) is 0. The Morgan fingerprint density at radius 2 is 1.20 bits per heavy atom. The first kappa shape index (κ1) is 23.9. The third-order valence-electron chi connectivity index (χ3n) is 3.74. The molecular formula is C17H32O7S. The highest BCUT2D eigenvalue weighted by Crippen LogP contribution is 2.11. The highest BCUT2D eigenvalue weighted by molar-refractivity contribution is 7.81. The molecule has 0 aliphatic rings. The zero-order valence-electron chi connectivity index (χ0n) is 15.2. The van der Waals surface area contributed by atoms with E-state index in [9.17, 15) is 18.0 Å². The van der Waals surface area contributed by atoms with Crippen molar-refractivity contribution in [2.45, 2.75) is 90.4 Å². The summed E-state index contributed by atoms with van der Waals surface area (Å²) in [6.45, 7) is 2.51. The van der Waals surface area contributed by atoms with Gasteiger partial charge >= 0.3 is 22.3 Å². The van der Waals surface area contributed by atoms with E-state index in [1.165, 1.54) is 51.4 Å². The van der Waals surface area contributed by atoms with Crippen LogP contribution in [0.25, 0.3) is 0 Å². The van der Waals surface area contributed by atoms with E-state index in [4.69, 9.17) is 9.29 Å². The van der Waals surface area contributed by atoms with E-state index in [2.05, 4.69) is 11.1 Å². The molecule has 0 aliphatic carbocycles. The van der Waals surface area contributed by atoms with Gasteiger partial charge in [-0.1, -0.05) is 71.1 Å². The molecule has 0 aromatic rings. The number of hydrogen-bond acceptors (Lipinski definition) is 6. The third kappa shape index (κ3) is 19.0. The van der Waals surface area contributed by atoms with Crippen LogP contribution < -0.4 is 0 Å².